The number of ether oxygens (including phenoxy) is 2. The Morgan fingerprint density at radius 3 is 2.28 bits per heavy atom. The van der Waals surface area contributed by atoms with E-state index in [1.165, 1.54) is 0 Å². The summed E-state index contributed by atoms with van der Waals surface area (Å²) in [6.45, 7) is 5.15. The molecule has 152 valence electrons. The van der Waals surface area contributed by atoms with Crippen LogP contribution in [0.25, 0.3) is 21.7 Å². The monoisotopic (exact) mass is 430 g/mol. The molecule has 2 heterocycles. The second-order valence-corrected chi connectivity index (χ2v) is 6.40. The lowest BCUT2D eigenvalue weighted by atomic mass is 10.0. The fourth-order valence-electron chi connectivity index (χ4n) is 3.35. The molecule has 29 heavy (non-hydrogen) atoms. The van der Waals surface area contributed by atoms with E-state index in [4.69, 9.17) is 9.47 Å². The molecule has 0 unspecified atom stereocenters. The quantitative estimate of drug-likeness (QED) is 0.375. The van der Waals surface area contributed by atoms with Gasteiger partial charge < -0.3 is 9.47 Å². The van der Waals surface area contributed by atoms with E-state index in [0.717, 1.165) is 50.7 Å². The lowest BCUT2D eigenvalue weighted by molar-refractivity contribution is 0.288. The van der Waals surface area contributed by atoms with Crippen LogP contribution >= 0.6 is 24.8 Å². The third-order valence-corrected chi connectivity index (χ3v) is 4.55. The van der Waals surface area contributed by atoms with E-state index in [2.05, 4.69) is 28.2 Å². The number of pyridine rings is 2. The van der Waals surface area contributed by atoms with E-state index in [1.54, 1.807) is 0 Å². The zero-order valence-corrected chi connectivity index (χ0v) is 18.1. The van der Waals surface area contributed by atoms with Crippen LogP contribution in [-0.2, 0) is 6.42 Å². The molecule has 4 aromatic rings. The summed E-state index contributed by atoms with van der Waals surface area (Å²) in [6.07, 6.45) is 6.50. The summed E-state index contributed by atoms with van der Waals surface area (Å²) in [5.74, 6) is 1.54. The van der Waals surface area contributed by atoms with Crippen molar-refractivity contribution in [2.24, 2.45) is 0 Å². The molecule has 0 aliphatic heterocycles. The van der Waals surface area contributed by atoms with Crippen LogP contribution in [0, 0.1) is 0 Å². The van der Waals surface area contributed by atoms with Gasteiger partial charge in [-0.3, -0.25) is 9.97 Å². The summed E-state index contributed by atoms with van der Waals surface area (Å²) in [4.78, 5) is 9.01. The van der Waals surface area contributed by atoms with Crippen molar-refractivity contribution >= 4 is 46.5 Å². The standard InChI is InChI=1S/C23H22N2O2.2ClH/c1-3-26-22-11-19-15-24-14-18(20(19)12-23(22)27-4-2)10-16-9-17-7-5-6-8-21(17)25-13-16;;/h5-9,11-15H,3-4,10H2,1-2H3;2*1H. The first-order valence-corrected chi connectivity index (χ1v) is 9.28. The Morgan fingerprint density at radius 1 is 0.793 bits per heavy atom. The van der Waals surface area contributed by atoms with Gasteiger partial charge in [0.25, 0.3) is 0 Å². The largest absolute Gasteiger partial charge is 0.490 e. The van der Waals surface area contributed by atoms with Crippen LogP contribution in [0.1, 0.15) is 25.0 Å². The van der Waals surface area contributed by atoms with Gasteiger partial charge in [0.2, 0.25) is 0 Å². The predicted octanol–water partition coefficient (Wildman–Crippen LogP) is 6.01. The Kier molecular flexibility index (Phi) is 8.06. The fourth-order valence-corrected chi connectivity index (χ4v) is 3.35. The highest BCUT2D eigenvalue weighted by Gasteiger charge is 2.11. The predicted molar refractivity (Wildman–Crippen MR) is 123 cm³/mol. The van der Waals surface area contributed by atoms with Crippen LogP contribution in [0.4, 0.5) is 0 Å². The highest BCUT2D eigenvalue weighted by molar-refractivity contribution is 5.88. The Labute approximate surface area is 183 Å². The van der Waals surface area contributed by atoms with Crippen molar-refractivity contribution in [2.45, 2.75) is 20.3 Å². The summed E-state index contributed by atoms with van der Waals surface area (Å²) >= 11 is 0. The Morgan fingerprint density at radius 2 is 1.52 bits per heavy atom. The van der Waals surface area contributed by atoms with Gasteiger partial charge in [-0.2, -0.15) is 0 Å². The second-order valence-electron chi connectivity index (χ2n) is 6.40. The van der Waals surface area contributed by atoms with Crippen molar-refractivity contribution in [3.05, 3.63) is 72.2 Å². The van der Waals surface area contributed by atoms with Gasteiger partial charge in [-0.15, -0.1) is 24.8 Å². The first-order chi connectivity index (χ1) is 13.3. The van der Waals surface area contributed by atoms with Gasteiger partial charge in [0.05, 0.1) is 18.7 Å². The van der Waals surface area contributed by atoms with E-state index in [9.17, 15) is 0 Å². The van der Waals surface area contributed by atoms with Gasteiger partial charge in [0.15, 0.2) is 11.5 Å². The van der Waals surface area contributed by atoms with Crippen molar-refractivity contribution < 1.29 is 9.47 Å². The maximum absolute atomic E-state index is 5.80. The smallest absolute Gasteiger partial charge is 0.161 e. The molecule has 0 fully saturated rings. The SMILES string of the molecule is CCOc1cc2cncc(Cc3cnc4ccccc4c3)c2cc1OCC.Cl.Cl. The van der Waals surface area contributed by atoms with Crippen LogP contribution in [0.15, 0.2) is 61.1 Å². The Hall–Kier alpha value is -2.56. The molecule has 0 atom stereocenters. The molecule has 2 aromatic carbocycles. The van der Waals surface area contributed by atoms with Crippen LogP contribution in [0.5, 0.6) is 11.5 Å². The number of hydrogen-bond donors (Lipinski definition) is 0. The molecule has 0 aliphatic rings. The zero-order chi connectivity index (χ0) is 18.6. The lowest BCUT2D eigenvalue weighted by Crippen LogP contribution is -2.00. The highest BCUT2D eigenvalue weighted by Crippen LogP contribution is 2.34. The van der Waals surface area contributed by atoms with Crippen LogP contribution in [0.3, 0.4) is 0 Å². The zero-order valence-electron chi connectivity index (χ0n) is 16.4. The molecule has 2 aromatic heterocycles. The number of benzene rings is 2. The van der Waals surface area contributed by atoms with E-state index < -0.39 is 0 Å². The molecule has 0 saturated heterocycles. The molecule has 6 heteroatoms. The molecule has 0 spiro atoms. The first-order valence-electron chi connectivity index (χ1n) is 9.28. The van der Waals surface area contributed by atoms with Crippen molar-refractivity contribution in [3.63, 3.8) is 0 Å². The van der Waals surface area contributed by atoms with Gasteiger partial charge in [0, 0.05) is 35.8 Å². The Bertz CT molecular complexity index is 1100. The number of para-hydroxylation sites is 1. The second kappa shape index (κ2) is 10.3. The molecule has 4 nitrogen and oxygen atoms in total. The average molecular weight is 431 g/mol. The van der Waals surface area contributed by atoms with E-state index in [1.807, 2.05) is 56.7 Å². The normalized spacial score (nSPS) is 10.3. The summed E-state index contributed by atoms with van der Waals surface area (Å²) in [6, 6.07) is 14.4. The highest BCUT2D eigenvalue weighted by atomic mass is 35.5. The minimum Gasteiger partial charge on any atom is -0.490 e. The third kappa shape index (κ3) is 4.89. The van der Waals surface area contributed by atoms with Crippen molar-refractivity contribution in [2.75, 3.05) is 13.2 Å². The van der Waals surface area contributed by atoms with E-state index in [0.29, 0.717) is 13.2 Å². The summed E-state index contributed by atoms with van der Waals surface area (Å²) in [5, 5.41) is 3.33. The molecule has 0 amide bonds. The molecular formula is C23H24Cl2N2O2. The average Bonchev–Trinajstić information content (AvgIpc) is 2.69. The number of halogens is 2. The van der Waals surface area contributed by atoms with E-state index >= 15 is 0 Å². The minimum atomic E-state index is 0. The molecule has 4 rings (SSSR count). The summed E-state index contributed by atoms with van der Waals surface area (Å²) in [5.41, 5.74) is 3.32. The van der Waals surface area contributed by atoms with Crippen molar-refractivity contribution in [1.82, 2.24) is 9.97 Å². The number of hydrogen-bond acceptors (Lipinski definition) is 4. The molecular weight excluding hydrogens is 407 g/mol. The maximum Gasteiger partial charge on any atom is 0.161 e. The number of nitrogens with zero attached hydrogens (tertiary/aromatic N) is 2. The summed E-state index contributed by atoms with van der Waals surface area (Å²) in [7, 11) is 0. The van der Waals surface area contributed by atoms with Gasteiger partial charge >= 0.3 is 0 Å². The van der Waals surface area contributed by atoms with Gasteiger partial charge in [0.1, 0.15) is 0 Å². The van der Waals surface area contributed by atoms with Crippen molar-refractivity contribution in [3.8, 4) is 11.5 Å². The summed E-state index contributed by atoms with van der Waals surface area (Å²) < 4.78 is 11.5. The number of fused-ring (bicyclic) bond motifs is 2. The van der Waals surface area contributed by atoms with Crippen LogP contribution in [0.2, 0.25) is 0 Å². The number of aromatic nitrogens is 2. The Balaban J connectivity index is 0.00000150. The first kappa shape index (κ1) is 22.7. The molecule has 0 saturated carbocycles. The molecule has 0 bridgehead atoms. The number of rotatable bonds is 6. The van der Waals surface area contributed by atoms with Gasteiger partial charge in [-0.1, -0.05) is 18.2 Å². The minimum absolute atomic E-state index is 0. The maximum atomic E-state index is 5.80. The third-order valence-electron chi connectivity index (χ3n) is 4.55. The van der Waals surface area contributed by atoms with E-state index in [-0.39, 0.29) is 24.8 Å². The topological polar surface area (TPSA) is 44.2 Å². The van der Waals surface area contributed by atoms with Gasteiger partial charge in [-0.25, -0.2) is 0 Å². The molecule has 0 N–H and O–H groups in total. The fraction of sp³-hybridized carbons (Fsp3) is 0.217. The van der Waals surface area contributed by atoms with Crippen LogP contribution < -0.4 is 9.47 Å². The molecule has 0 aliphatic carbocycles. The lowest BCUT2D eigenvalue weighted by Gasteiger charge is -2.14. The molecule has 0 radical (unpaired) electrons. The van der Waals surface area contributed by atoms with Crippen LogP contribution in [-0.4, -0.2) is 23.2 Å². The van der Waals surface area contributed by atoms with Crippen molar-refractivity contribution in [1.29, 1.82) is 0 Å². The van der Waals surface area contributed by atoms with Gasteiger partial charge in [-0.05, 0) is 54.6 Å².